The molecule has 1 fully saturated rings. The normalized spacial score (nSPS) is 24.5. The minimum Gasteiger partial charge on any atom is -0.388 e. The van der Waals surface area contributed by atoms with Crippen molar-refractivity contribution in [1.82, 2.24) is 14.9 Å². The molecule has 24 heavy (non-hydrogen) atoms. The predicted molar refractivity (Wildman–Crippen MR) is 93.1 cm³/mol. The number of anilines is 1. The number of carbonyl (C=O) groups excluding carboxylic acids is 1. The molecule has 6 nitrogen and oxygen atoms in total. The number of aliphatic hydroxyl groups is 1. The molecule has 0 unspecified atom stereocenters. The van der Waals surface area contributed by atoms with E-state index in [2.05, 4.69) is 9.88 Å². The van der Waals surface area contributed by atoms with Crippen LogP contribution in [0.5, 0.6) is 0 Å². The van der Waals surface area contributed by atoms with E-state index in [1.807, 2.05) is 18.7 Å². The number of fused-ring (bicyclic) bond motifs is 1. The van der Waals surface area contributed by atoms with Crippen molar-refractivity contribution in [3.8, 4) is 0 Å². The summed E-state index contributed by atoms with van der Waals surface area (Å²) in [5, 5.41) is 10.7. The molecule has 0 radical (unpaired) electrons. The topological polar surface area (TPSA) is 69.6 Å². The van der Waals surface area contributed by atoms with Crippen molar-refractivity contribution in [3.63, 3.8) is 0 Å². The highest BCUT2D eigenvalue weighted by Gasteiger charge is 2.34. The van der Waals surface area contributed by atoms with Gasteiger partial charge in [-0.05, 0) is 32.6 Å². The van der Waals surface area contributed by atoms with Crippen molar-refractivity contribution in [3.05, 3.63) is 17.1 Å². The SMILES string of the molecule is CC[C@]1(O)CCCN(c2nc(C)nc3c2CCN(C(C)=O)CC3)C1. The van der Waals surface area contributed by atoms with Crippen molar-refractivity contribution >= 4 is 11.7 Å². The van der Waals surface area contributed by atoms with Crippen LogP contribution in [-0.2, 0) is 17.6 Å². The number of piperidine rings is 1. The number of hydrogen-bond acceptors (Lipinski definition) is 5. The molecule has 6 heteroatoms. The molecule has 2 aliphatic heterocycles. The average molecular weight is 332 g/mol. The van der Waals surface area contributed by atoms with Gasteiger partial charge in [0.2, 0.25) is 5.91 Å². The summed E-state index contributed by atoms with van der Waals surface area (Å²) in [6.45, 7) is 8.57. The van der Waals surface area contributed by atoms with Gasteiger partial charge in [-0.25, -0.2) is 9.97 Å². The van der Waals surface area contributed by atoms with E-state index >= 15 is 0 Å². The highest BCUT2D eigenvalue weighted by Crippen LogP contribution is 2.31. The molecule has 1 aromatic rings. The second-order valence-electron chi connectivity index (χ2n) is 7.13. The van der Waals surface area contributed by atoms with Crippen LogP contribution in [0.15, 0.2) is 0 Å². The molecule has 0 spiro atoms. The number of β-amino-alcohol motifs (C(OH)–C–C–N with tert-alkyl or cyclic N) is 1. The fourth-order valence-corrected chi connectivity index (χ4v) is 3.86. The molecule has 1 N–H and O–H groups in total. The van der Waals surface area contributed by atoms with Crippen LogP contribution in [0.3, 0.4) is 0 Å². The van der Waals surface area contributed by atoms with Crippen LogP contribution in [-0.4, -0.2) is 57.7 Å². The average Bonchev–Trinajstić information content (AvgIpc) is 2.76. The molecule has 1 aromatic heterocycles. The molecule has 0 bridgehead atoms. The Morgan fingerprint density at radius 2 is 2.00 bits per heavy atom. The van der Waals surface area contributed by atoms with Gasteiger partial charge in [-0.3, -0.25) is 4.79 Å². The summed E-state index contributed by atoms with van der Waals surface area (Å²) in [4.78, 5) is 25.2. The zero-order valence-electron chi connectivity index (χ0n) is 15.0. The molecule has 0 saturated carbocycles. The summed E-state index contributed by atoms with van der Waals surface area (Å²) in [6.07, 6.45) is 4.14. The summed E-state index contributed by atoms with van der Waals surface area (Å²) in [5.41, 5.74) is 1.59. The second kappa shape index (κ2) is 6.67. The highest BCUT2D eigenvalue weighted by molar-refractivity contribution is 5.73. The zero-order valence-corrected chi connectivity index (χ0v) is 15.0. The first-order valence-electron chi connectivity index (χ1n) is 9.01. The van der Waals surface area contributed by atoms with Crippen molar-refractivity contribution < 1.29 is 9.90 Å². The van der Waals surface area contributed by atoms with E-state index in [1.165, 1.54) is 0 Å². The van der Waals surface area contributed by atoms with Gasteiger partial charge in [-0.1, -0.05) is 6.92 Å². The van der Waals surface area contributed by atoms with Gasteiger partial charge >= 0.3 is 0 Å². The molecule has 0 aliphatic carbocycles. The Morgan fingerprint density at radius 3 is 2.71 bits per heavy atom. The molecular weight excluding hydrogens is 304 g/mol. The number of carbonyl (C=O) groups is 1. The summed E-state index contributed by atoms with van der Waals surface area (Å²) < 4.78 is 0. The molecule has 1 atom stereocenters. The third-order valence-electron chi connectivity index (χ3n) is 5.39. The first-order valence-corrected chi connectivity index (χ1v) is 9.01. The van der Waals surface area contributed by atoms with Gasteiger partial charge in [0.25, 0.3) is 0 Å². The number of aromatic nitrogens is 2. The standard InChI is InChI=1S/C18H28N4O2/c1-4-18(24)8-5-9-22(12-18)17-15-6-10-21(14(3)23)11-7-16(15)19-13(2)20-17/h24H,4-12H2,1-3H3/t18-/m0/s1. The summed E-state index contributed by atoms with van der Waals surface area (Å²) in [5.74, 6) is 1.85. The summed E-state index contributed by atoms with van der Waals surface area (Å²) in [7, 11) is 0. The third-order valence-corrected chi connectivity index (χ3v) is 5.39. The number of aryl methyl sites for hydroxylation is 1. The third kappa shape index (κ3) is 3.38. The van der Waals surface area contributed by atoms with Crippen molar-refractivity contribution in [1.29, 1.82) is 0 Å². The fraction of sp³-hybridized carbons (Fsp3) is 0.722. The van der Waals surface area contributed by atoms with Crippen LogP contribution in [0.4, 0.5) is 5.82 Å². The Balaban J connectivity index is 1.92. The summed E-state index contributed by atoms with van der Waals surface area (Å²) >= 11 is 0. The first kappa shape index (κ1) is 17.1. The van der Waals surface area contributed by atoms with Crippen LogP contribution in [0, 0.1) is 6.92 Å². The smallest absolute Gasteiger partial charge is 0.219 e. The molecule has 3 rings (SSSR count). The maximum absolute atomic E-state index is 11.7. The number of amides is 1. The van der Waals surface area contributed by atoms with Crippen molar-refractivity contribution in [2.24, 2.45) is 0 Å². The fourth-order valence-electron chi connectivity index (χ4n) is 3.86. The van der Waals surface area contributed by atoms with Gasteiger partial charge < -0.3 is 14.9 Å². The molecule has 1 amide bonds. The number of hydrogen-bond donors (Lipinski definition) is 1. The Kier molecular flexibility index (Phi) is 4.76. The molecule has 3 heterocycles. The Morgan fingerprint density at radius 1 is 1.25 bits per heavy atom. The van der Waals surface area contributed by atoms with E-state index in [0.29, 0.717) is 13.1 Å². The minimum absolute atomic E-state index is 0.118. The lowest BCUT2D eigenvalue weighted by Gasteiger charge is -2.40. The van der Waals surface area contributed by atoms with Gasteiger partial charge in [-0.2, -0.15) is 0 Å². The quantitative estimate of drug-likeness (QED) is 0.888. The van der Waals surface area contributed by atoms with Gasteiger partial charge in [0.15, 0.2) is 0 Å². The zero-order chi connectivity index (χ0) is 17.3. The Bertz CT molecular complexity index is 634. The van der Waals surface area contributed by atoms with Crippen LogP contribution in [0.25, 0.3) is 0 Å². The van der Waals surface area contributed by atoms with Crippen LogP contribution in [0.1, 0.15) is 50.2 Å². The van der Waals surface area contributed by atoms with Crippen LogP contribution in [0.2, 0.25) is 0 Å². The minimum atomic E-state index is -0.625. The maximum atomic E-state index is 11.7. The van der Waals surface area contributed by atoms with Gasteiger partial charge in [0, 0.05) is 45.1 Å². The first-order chi connectivity index (χ1) is 11.4. The molecule has 2 aliphatic rings. The van der Waals surface area contributed by atoms with E-state index in [1.54, 1.807) is 6.92 Å². The van der Waals surface area contributed by atoms with E-state index in [9.17, 15) is 9.90 Å². The van der Waals surface area contributed by atoms with Crippen molar-refractivity contribution in [2.45, 2.75) is 58.5 Å². The molecule has 132 valence electrons. The maximum Gasteiger partial charge on any atom is 0.219 e. The van der Waals surface area contributed by atoms with Gasteiger partial charge in [0.05, 0.1) is 11.3 Å². The van der Waals surface area contributed by atoms with E-state index in [0.717, 1.165) is 68.1 Å². The van der Waals surface area contributed by atoms with Crippen LogP contribution >= 0.6 is 0 Å². The Labute approximate surface area is 143 Å². The van der Waals surface area contributed by atoms with E-state index < -0.39 is 5.60 Å². The predicted octanol–water partition coefficient (Wildman–Crippen LogP) is 1.47. The summed E-state index contributed by atoms with van der Waals surface area (Å²) in [6, 6.07) is 0. The lowest BCUT2D eigenvalue weighted by Crippen LogP contribution is -2.48. The second-order valence-corrected chi connectivity index (χ2v) is 7.13. The molecular formula is C18H28N4O2. The number of nitrogens with zero attached hydrogens (tertiary/aromatic N) is 4. The van der Waals surface area contributed by atoms with E-state index in [-0.39, 0.29) is 5.91 Å². The van der Waals surface area contributed by atoms with Crippen LogP contribution < -0.4 is 4.90 Å². The largest absolute Gasteiger partial charge is 0.388 e. The monoisotopic (exact) mass is 332 g/mol. The molecule has 1 saturated heterocycles. The van der Waals surface area contributed by atoms with Crippen molar-refractivity contribution in [2.75, 3.05) is 31.1 Å². The number of rotatable bonds is 2. The highest BCUT2D eigenvalue weighted by atomic mass is 16.3. The van der Waals surface area contributed by atoms with Gasteiger partial charge in [-0.15, -0.1) is 0 Å². The van der Waals surface area contributed by atoms with Gasteiger partial charge in [0.1, 0.15) is 11.6 Å². The lowest BCUT2D eigenvalue weighted by atomic mass is 9.90. The Hall–Kier alpha value is -1.69. The molecule has 0 aromatic carbocycles. The lowest BCUT2D eigenvalue weighted by molar-refractivity contribution is -0.128. The van der Waals surface area contributed by atoms with E-state index in [4.69, 9.17) is 4.98 Å².